The summed E-state index contributed by atoms with van der Waals surface area (Å²) in [6, 6.07) is 10.3. The molecule has 2 aromatic rings. The van der Waals surface area contributed by atoms with Crippen molar-refractivity contribution in [1.82, 2.24) is 0 Å². The van der Waals surface area contributed by atoms with Crippen LogP contribution in [0.2, 0.25) is 0 Å². The summed E-state index contributed by atoms with van der Waals surface area (Å²) in [5.74, 6) is 1.67. The lowest BCUT2D eigenvalue weighted by Crippen LogP contribution is -2.21. The molecule has 0 bridgehead atoms. The number of amides is 1. The number of nitrogens with zero attached hydrogens (tertiary/aromatic N) is 1. The molecule has 1 heterocycles. The van der Waals surface area contributed by atoms with Gasteiger partial charge in [0.15, 0.2) is 29.6 Å². The first-order chi connectivity index (χ1) is 13.1. The molecule has 0 aromatic heterocycles. The zero-order valence-electron chi connectivity index (χ0n) is 14.6. The van der Waals surface area contributed by atoms with Gasteiger partial charge in [0, 0.05) is 22.7 Å². The first-order valence-electron chi connectivity index (χ1n) is 8.29. The van der Waals surface area contributed by atoms with Gasteiger partial charge in [-0.3, -0.25) is 4.79 Å². The normalized spacial score (nSPS) is 12.0. The van der Waals surface area contributed by atoms with Crippen LogP contribution in [0.4, 0.5) is 5.69 Å². The summed E-state index contributed by atoms with van der Waals surface area (Å²) in [6.45, 7) is 2.99. The van der Waals surface area contributed by atoms with Gasteiger partial charge in [0.2, 0.25) is 0 Å². The lowest BCUT2D eigenvalue weighted by molar-refractivity contribution is -0.118. The lowest BCUT2D eigenvalue weighted by Gasteiger charge is -2.20. The molecular weight excluding hydrogens is 416 g/mol. The predicted molar refractivity (Wildman–Crippen MR) is 102 cm³/mol. The fourth-order valence-corrected chi connectivity index (χ4v) is 2.88. The highest BCUT2D eigenvalue weighted by atomic mass is 79.9. The zero-order valence-corrected chi connectivity index (χ0v) is 16.2. The van der Waals surface area contributed by atoms with E-state index in [4.69, 9.17) is 24.2 Å². The molecule has 1 N–H and O–H groups in total. The Labute approximate surface area is 164 Å². The van der Waals surface area contributed by atoms with Crippen molar-refractivity contribution >= 4 is 27.5 Å². The highest BCUT2D eigenvalue weighted by Crippen LogP contribution is 2.38. The van der Waals surface area contributed by atoms with Crippen LogP contribution in [0.3, 0.4) is 0 Å². The fraction of sp³-hybridized carbons (Fsp3) is 0.263. The Hall–Kier alpha value is -2.92. The Bertz CT molecular complexity index is 894. The van der Waals surface area contributed by atoms with E-state index in [2.05, 4.69) is 21.2 Å². The van der Waals surface area contributed by atoms with Crippen LogP contribution in [0.1, 0.15) is 12.5 Å². The van der Waals surface area contributed by atoms with E-state index in [0.29, 0.717) is 58.5 Å². The third-order valence-corrected chi connectivity index (χ3v) is 4.29. The molecule has 2 aromatic carbocycles. The topological polar surface area (TPSA) is 89.8 Å². The molecular formula is C19H17BrN2O5. The van der Waals surface area contributed by atoms with Gasteiger partial charge in [0.1, 0.15) is 13.2 Å². The van der Waals surface area contributed by atoms with Gasteiger partial charge in [-0.2, -0.15) is 5.26 Å². The second-order valence-corrected chi connectivity index (χ2v) is 6.37. The molecule has 1 aliphatic rings. The summed E-state index contributed by atoms with van der Waals surface area (Å²) in [7, 11) is 0. The predicted octanol–water partition coefficient (Wildman–Crippen LogP) is 3.51. The molecule has 0 saturated heterocycles. The Morgan fingerprint density at radius 1 is 1.19 bits per heavy atom. The van der Waals surface area contributed by atoms with Crippen LogP contribution in [0.25, 0.3) is 0 Å². The van der Waals surface area contributed by atoms with E-state index in [9.17, 15) is 4.79 Å². The number of anilines is 1. The third kappa shape index (κ3) is 4.63. The first kappa shape index (κ1) is 18.9. The van der Waals surface area contributed by atoms with Gasteiger partial charge in [0.25, 0.3) is 5.91 Å². The Balaban J connectivity index is 1.66. The van der Waals surface area contributed by atoms with Gasteiger partial charge < -0.3 is 24.3 Å². The van der Waals surface area contributed by atoms with E-state index < -0.39 is 0 Å². The molecule has 0 atom stereocenters. The highest BCUT2D eigenvalue weighted by Gasteiger charge is 2.17. The third-order valence-electron chi connectivity index (χ3n) is 3.64. The Kier molecular flexibility index (Phi) is 6.04. The minimum Gasteiger partial charge on any atom is -0.490 e. The number of hydrogen-bond acceptors (Lipinski definition) is 6. The summed E-state index contributed by atoms with van der Waals surface area (Å²) in [5.41, 5.74) is 1.01. The minimum absolute atomic E-state index is 0.215. The molecule has 27 heavy (non-hydrogen) atoms. The maximum atomic E-state index is 12.3. The number of hydrogen-bond donors (Lipinski definition) is 1. The average molecular weight is 433 g/mol. The highest BCUT2D eigenvalue weighted by molar-refractivity contribution is 9.10. The van der Waals surface area contributed by atoms with Crippen molar-refractivity contribution in [3.05, 3.63) is 40.4 Å². The summed E-state index contributed by atoms with van der Waals surface area (Å²) < 4.78 is 22.7. The second-order valence-electron chi connectivity index (χ2n) is 5.52. The molecule has 0 fully saturated rings. The molecule has 0 unspecified atom stereocenters. The van der Waals surface area contributed by atoms with Crippen LogP contribution >= 0.6 is 15.9 Å². The van der Waals surface area contributed by atoms with Gasteiger partial charge in [-0.15, -0.1) is 0 Å². The number of rotatable bonds is 6. The van der Waals surface area contributed by atoms with Crippen LogP contribution in [-0.4, -0.2) is 32.3 Å². The number of nitriles is 1. The van der Waals surface area contributed by atoms with Crippen molar-refractivity contribution in [1.29, 1.82) is 5.26 Å². The van der Waals surface area contributed by atoms with Crippen LogP contribution in [-0.2, 0) is 4.79 Å². The molecule has 1 amide bonds. The molecule has 7 nitrogen and oxygen atoms in total. The van der Waals surface area contributed by atoms with Crippen molar-refractivity contribution in [2.24, 2.45) is 0 Å². The fourth-order valence-electron chi connectivity index (χ4n) is 2.45. The van der Waals surface area contributed by atoms with E-state index in [1.165, 1.54) is 0 Å². The SMILES string of the molecule is CCOc1cc(C#N)ccc1OCC(=O)Nc1cc2c(cc1Br)OCCO2. The number of carbonyl (C=O) groups is 1. The van der Waals surface area contributed by atoms with Crippen LogP contribution in [0.15, 0.2) is 34.8 Å². The van der Waals surface area contributed by atoms with Gasteiger partial charge >= 0.3 is 0 Å². The van der Waals surface area contributed by atoms with E-state index in [1.54, 1.807) is 30.3 Å². The number of nitrogens with one attached hydrogen (secondary N) is 1. The number of fused-ring (bicyclic) bond motifs is 1. The van der Waals surface area contributed by atoms with Gasteiger partial charge in [-0.05, 0) is 35.0 Å². The van der Waals surface area contributed by atoms with E-state index in [-0.39, 0.29) is 12.5 Å². The van der Waals surface area contributed by atoms with Crippen LogP contribution in [0.5, 0.6) is 23.0 Å². The quantitative estimate of drug-likeness (QED) is 0.750. The summed E-state index contributed by atoms with van der Waals surface area (Å²) >= 11 is 3.41. The molecule has 0 saturated carbocycles. The molecule has 0 spiro atoms. The summed E-state index contributed by atoms with van der Waals surface area (Å²) in [4.78, 5) is 12.3. The van der Waals surface area contributed by atoms with Gasteiger partial charge in [-0.25, -0.2) is 0 Å². The summed E-state index contributed by atoms with van der Waals surface area (Å²) in [6.07, 6.45) is 0. The largest absolute Gasteiger partial charge is 0.490 e. The number of ether oxygens (including phenoxy) is 4. The second kappa shape index (κ2) is 8.64. The first-order valence-corrected chi connectivity index (χ1v) is 9.08. The van der Waals surface area contributed by atoms with E-state index in [0.717, 1.165) is 0 Å². The summed E-state index contributed by atoms with van der Waals surface area (Å²) in [5, 5.41) is 11.7. The molecule has 0 radical (unpaired) electrons. The van der Waals surface area contributed by atoms with Crippen LogP contribution in [0, 0.1) is 11.3 Å². The zero-order chi connectivity index (χ0) is 19.2. The van der Waals surface area contributed by atoms with E-state index >= 15 is 0 Å². The van der Waals surface area contributed by atoms with Gasteiger partial charge in [-0.1, -0.05) is 0 Å². The Morgan fingerprint density at radius 2 is 1.93 bits per heavy atom. The Morgan fingerprint density at radius 3 is 2.63 bits per heavy atom. The van der Waals surface area contributed by atoms with Gasteiger partial charge in [0.05, 0.1) is 23.9 Å². The van der Waals surface area contributed by atoms with E-state index in [1.807, 2.05) is 13.0 Å². The maximum Gasteiger partial charge on any atom is 0.262 e. The lowest BCUT2D eigenvalue weighted by atomic mass is 10.2. The molecule has 1 aliphatic heterocycles. The molecule has 8 heteroatoms. The standard InChI is InChI=1S/C19H17BrN2O5/c1-2-24-16-7-12(10-21)3-4-15(16)27-11-19(23)22-14-9-18-17(8-13(14)20)25-5-6-26-18/h3-4,7-9H,2,5-6,11H2,1H3,(H,22,23). The van der Waals surface area contributed by atoms with Crippen molar-refractivity contribution in [2.75, 3.05) is 31.7 Å². The van der Waals surface area contributed by atoms with Crippen molar-refractivity contribution in [3.63, 3.8) is 0 Å². The minimum atomic E-state index is -0.348. The number of halogens is 1. The maximum absolute atomic E-state index is 12.3. The number of benzene rings is 2. The van der Waals surface area contributed by atoms with Crippen molar-refractivity contribution in [2.45, 2.75) is 6.92 Å². The average Bonchev–Trinajstić information content (AvgIpc) is 2.67. The monoisotopic (exact) mass is 432 g/mol. The molecule has 0 aliphatic carbocycles. The number of carbonyl (C=O) groups excluding carboxylic acids is 1. The molecule has 3 rings (SSSR count). The smallest absolute Gasteiger partial charge is 0.262 e. The van der Waals surface area contributed by atoms with Crippen LogP contribution < -0.4 is 24.3 Å². The molecule has 140 valence electrons. The van der Waals surface area contributed by atoms with Crippen molar-refractivity contribution < 1.29 is 23.7 Å². The van der Waals surface area contributed by atoms with Crippen molar-refractivity contribution in [3.8, 4) is 29.1 Å².